The molecule has 1 heterocycles. The highest BCUT2D eigenvalue weighted by atomic mass is 32.2. The van der Waals surface area contributed by atoms with Gasteiger partial charge in [0.2, 0.25) is 0 Å². The lowest BCUT2D eigenvalue weighted by molar-refractivity contribution is -0.116. The van der Waals surface area contributed by atoms with Crippen LogP contribution in [0, 0.1) is 0 Å². The van der Waals surface area contributed by atoms with Gasteiger partial charge in [-0.15, -0.1) is 24.5 Å². The van der Waals surface area contributed by atoms with Crippen LogP contribution in [-0.4, -0.2) is 30.1 Å². The lowest BCUT2D eigenvalue weighted by Gasteiger charge is -2.15. The van der Waals surface area contributed by atoms with Crippen molar-refractivity contribution in [3.8, 4) is 0 Å². The molecule has 2 rings (SSSR count). The third kappa shape index (κ3) is 20.7. The molecule has 0 fully saturated rings. The van der Waals surface area contributed by atoms with Crippen LogP contribution in [-0.2, 0) is 4.79 Å². The van der Waals surface area contributed by atoms with Crippen LogP contribution in [0.1, 0.15) is 94.1 Å². The fourth-order valence-corrected chi connectivity index (χ4v) is 3.31. The van der Waals surface area contributed by atoms with E-state index in [9.17, 15) is 4.79 Å². The maximum absolute atomic E-state index is 9.81. The predicted octanol–water partition coefficient (Wildman–Crippen LogP) is 10.5. The molecule has 6 heteroatoms. The number of rotatable bonds is 7. The number of hydrogen-bond acceptors (Lipinski definition) is 6. The van der Waals surface area contributed by atoms with Gasteiger partial charge in [0.05, 0.1) is 21.4 Å². The van der Waals surface area contributed by atoms with E-state index in [0.717, 1.165) is 27.3 Å². The summed E-state index contributed by atoms with van der Waals surface area (Å²) >= 11 is 3.23. The Morgan fingerprint density at radius 3 is 1.97 bits per heavy atom. The number of unbranched alkanes of at least 4 members (excludes halogenated alkanes) is 1. The van der Waals surface area contributed by atoms with Gasteiger partial charge < -0.3 is 10.1 Å². The average Bonchev–Trinajstić information content (AvgIpc) is 3.37. The molecule has 0 amide bonds. The molecule has 214 valence electrons. The van der Waals surface area contributed by atoms with Crippen molar-refractivity contribution in [2.24, 2.45) is 4.99 Å². The standard InChI is InChI=1S/C17H18N2S2.C5H13N.C4H8O.C4H10.C2H4/c1-11(2)9-20-13(4)17(18-5)12(3)14-6-7-15-16(8-14)21-10-19-15;1-5(2,3)6-4;1-3-4(2)5;1-3-4-2;1-2/h6-10H,4-5H2,1-3H3;6H,1-4H3;3H2,1-2H3;3-4H2,1-2H3;1-2H2/b17-12+;;;;. The van der Waals surface area contributed by atoms with Crippen LogP contribution in [0.3, 0.4) is 0 Å². The van der Waals surface area contributed by atoms with Gasteiger partial charge in [-0.05, 0) is 90.9 Å². The summed E-state index contributed by atoms with van der Waals surface area (Å²) in [4.78, 5) is 19.2. The number of nitrogens with zero attached hydrogens (tertiary/aromatic N) is 2. The zero-order chi connectivity index (χ0) is 30.3. The van der Waals surface area contributed by atoms with E-state index in [0.29, 0.717) is 12.0 Å². The van der Waals surface area contributed by atoms with Crippen molar-refractivity contribution in [3.05, 3.63) is 70.6 Å². The smallest absolute Gasteiger partial charge is 0.129 e. The molecule has 0 aliphatic heterocycles. The van der Waals surface area contributed by atoms with Gasteiger partial charge in [-0.3, -0.25) is 4.99 Å². The number of fused-ring (bicyclic) bond motifs is 1. The van der Waals surface area contributed by atoms with Crippen LogP contribution < -0.4 is 5.32 Å². The number of thiazole rings is 1. The molecule has 0 aliphatic carbocycles. The number of benzene rings is 1. The monoisotopic (exact) mass is 559 g/mol. The second kappa shape index (κ2) is 23.8. The van der Waals surface area contributed by atoms with Crippen LogP contribution in [0.15, 0.2) is 70.0 Å². The Hall–Kier alpha value is -2.28. The van der Waals surface area contributed by atoms with E-state index in [4.69, 9.17) is 0 Å². The molecule has 0 saturated heterocycles. The highest BCUT2D eigenvalue weighted by molar-refractivity contribution is 8.06. The molecule has 1 aromatic heterocycles. The summed E-state index contributed by atoms with van der Waals surface area (Å²) in [5.41, 5.74) is 7.49. The van der Waals surface area contributed by atoms with E-state index < -0.39 is 0 Å². The molecule has 2 aromatic rings. The van der Waals surface area contributed by atoms with Crippen molar-refractivity contribution in [2.75, 3.05) is 7.05 Å². The van der Waals surface area contributed by atoms with E-state index in [1.165, 1.54) is 23.1 Å². The number of hydrogen-bond donors (Lipinski definition) is 1. The molecule has 0 aliphatic rings. The van der Waals surface area contributed by atoms with Crippen LogP contribution in [0.25, 0.3) is 15.8 Å². The first-order valence-electron chi connectivity index (χ1n) is 13.0. The number of nitrogens with one attached hydrogen (secondary N) is 1. The number of carbonyl (C=O) groups is 1. The lowest BCUT2D eigenvalue weighted by Crippen LogP contribution is -2.31. The summed E-state index contributed by atoms with van der Waals surface area (Å²) in [6.07, 6.45) is 3.31. The van der Waals surface area contributed by atoms with Gasteiger partial charge in [-0.1, -0.05) is 63.6 Å². The highest BCUT2D eigenvalue weighted by Gasteiger charge is 2.09. The predicted molar refractivity (Wildman–Crippen MR) is 180 cm³/mol. The molecular weight excluding hydrogens is 507 g/mol. The Morgan fingerprint density at radius 2 is 1.61 bits per heavy atom. The molecule has 0 bridgehead atoms. The summed E-state index contributed by atoms with van der Waals surface area (Å²) in [5, 5.41) is 5.18. The summed E-state index contributed by atoms with van der Waals surface area (Å²) < 4.78 is 1.18. The average molecular weight is 560 g/mol. The fraction of sp³-hybridized carbons (Fsp3) is 0.469. The molecule has 38 heavy (non-hydrogen) atoms. The molecule has 0 saturated carbocycles. The van der Waals surface area contributed by atoms with E-state index in [2.05, 4.69) is 115 Å². The minimum Gasteiger partial charge on any atom is -0.315 e. The van der Waals surface area contributed by atoms with Crippen molar-refractivity contribution >= 4 is 51.4 Å². The van der Waals surface area contributed by atoms with Gasteiger partial charge in [0.25, 0.3) is 0 Å². The Kier molecular flexibility index (Phi) is 25.2. The molecule has 0 spiro atoms. The number of carbonyl (C=O) groups excluding carboxylic acids is 1. The van der Waals surface area contributed by atoms with E-state index in [1.54, 1.807) is 30.0 Å². The van der Waals surface area contributed by atoms with E-state index >= 15 is 0 Å². The van der Waals surface area contributed by atoms with Gasteiger partial charge >= 0.3 is 0 Å². The molecule has 4 nitrogen and oxygen atoms in total. The van der Waals surface area contributed by atoms with Gasteiger partial charge in [-0.2, -0.15) is 0 Å². The van der Waals surface area contributed by atoms with E-state index in [-0.39, 0.29) is 5.78 Å². The third-order valence-electron chi connectivity index (χ3n) is 4.73. The minimum atomic E-state index is 0.255. The van der Waals surface area contributed by atoms with E-state index in [1.807, 2.05) is 25.5 Å². The summed E-state index contributed by atoms with van der Waals surface area (Å²) in [5.74, 6) is 0.255. The maximum atomic E-state index is 9.81. The van der Waals surface area contributed by atoms with Crippen LogP contribution in [0.4, 0.5) is 0 Å². The normalized spacial score (nSPS) is 10.4. The van der Waals surface area contributed by atoms with Crippen molar-refractivity contribution in [1.29, 1.82) is 0 Å². The number of aromatic nitrogens is 1. The topological polar surface area (TPSA) is 54.4 Å². The van der Waals surface area contributed by atoms with Crippen LogP contribution >= 0.6 is 23.1 Å². The second-order valence-corrected chi connectivity index (χ2v) is 11.3. The highest BCUT2D eigenvalue weighted by Crippen LogP contribution is 2.32. The van der Waals surface area contributed by atoms with Gasteiger partial charge in [0, 0.05) is 16.9 Å². The molecule has 1 aromatic carbocycles. The fourth-order valence-electron chi connectivity index (χ4n) is 1.89. The van der Waals surface area contributed by atoms with Gasteiger partial charge in [0.1, 0.15) is 5.78 Å². The zero-order valence-corrected chi connectivity index (χ0v) is 27.6. The Bertz CT molecular complexity index is 1010. The number of Topliss-reactive ketones (excluding diaryl/α,β-unsaturated/α-hetero) is 1. The quantitative estimate of drug-likeness (QED) is 0.208. The summed E-state index contributed by atoms with van der Waals surface area (Å²) in [6.45, 7) is 34.2. The summed E-state index contributed by atoms with van der Waals surface area (Å²) in [6, 6.07) is 6.26. The van der Waals surface area contributed by atoms with Crippen molar-refractivity contribution in [2.45, 2.75) is 94.0 Å². The Morgan fingerprint density at radius 1 is 1.11 bits per heavy atom. The summed E-state index contributed by atoms with van der Waals surface area (Å²) in [7, 11) is 1.96. The van der Waals surface area contributed by atoms with Gasteiger partial charge in [0.15, 0.2) is 0 Å². The zero-order valence-electron chi connectivity index (χ0n) is 26.0. The maximum Gasteiger partial charge on any atom is 0.129 e. The first-order valence-corrected chi connectivity index (χ1v) is 14.7. The van der Waals surface area contributed by atoms with Gasteiger partial charge in [-0.25, -0.2) is 4.98 Å². The number of allylic oxidation sites excluding steroid dienone is 2. The lowest BCUT2D eigenvalue weighted by atomic mass is 10.1. The van der Waals surface area contributed by atoms with Crippen molar-refractivity contribution < 1.29 is 4.79 Å². The molecule has 1 N–H and O–H groups in total. The largest absolute Gasteiger partial charge is 0.315 e. The molecular formula is C32H53N3OS2. The molecule has 0 radical (unpaired) electrons. The first-order chi connectivity index (χ1) is 17.8. The number of aliphatic imine (C=N–C) groups is 1. The SMILES string of the molecule is C=C.C=N/C(C(=C)SC=C(C)C)=C(\C)c1ccc2ncsc2c1.CCC(C)=O.CCCC.CNC(C)(C)C. The molecule has 0 atom stereocenters. The third-order valence-corrected chi connectivity index (χ3v) is 6.59. The second-order valence-electron chi connectivity index (χ2n) is 9.46. The van der Waals surface area contributed by atoms with Crippen molar-refractivity contribution in [1.82, 2.24) is 10.3 Å². The van der Waals surface area contributed by atoms with Crippen molar-refractivity contribution in [3.63, 3.8) is 0 Å². The number of ketones is 1. The Labute approximate surface area is 242 Å². The minimum absolute atomic E-state index is 0.255. The Balaban J connectivity index is -0.000000591. The molecule has 0 unspecified atom stereocenters. The number of thioether (sulfide) groups is 1. The van der Waals surface area contributed by atoms with Crippen LogP contribution in [0.2, 0.25) is 0 Å². The van der Waals surface area contributed by atoms with Crippen LogP contribution in [0.5, 0.6) is 0 Å². The first kappa shape index (κ1) is 40.2.